The van der Waals surface area contributed by atoms with Crippen LogP contribution in [0.4, 0.5) is 10.5 Å². The third kappa shape index (κ3) is 5.43. The Morgan fingerprint density at radius 2 is 1.87 bits per heavy atom. The summed E-state index contributed by atoms with van der Waals surface area (Å²) in [6.07, 6.45) is 1.64. The zero-order valence-corrected chi connectivity index (χ0v) is 14.6. The summed E-state index contributed by atoms with van der Waals surface area (Å²) in [5.74, 6) is -0.138. The van der Waals surface area contributed by atoms with Gasteiger partial charge in [0.1, 0.15) is 0 Å². The van der Waals surface area contributed by atoms with Crippen molar-refractivity contribution in [3.63, 3.8) is 0 Å². The number of benzene rings is 1. The summed E-state index contributed by atoms with van der Waals surface area (Å²) in [6.45, 7) is 6.98. The van der Waals surface area contributed by atoms with Crippen molar-refractivity contribution in [3.8, 4) is 0 Å². The molecule has 0 radical (unpaired) electrons. The molecule has 1 atom stereocenters. The number of anilines is 1. The summed E-state index contributed by atoms with van der Waals surface area (Å²) in [7, 11) is 0. The van der Waals surface area contributed by atoms with Gasteiger partial charge >= 0.3 is 6.03 Å². The number of nitrogens with one attached hydrogen (secondary N) is 2. The van der Waals surface area contributed by atoms with Crippen LogP contribution in [0.25, 0.3) is 0 Å². The molecule has 0 saturated carbocycles. The molecule has 1 heterocycles. The maximum Gasteiger partial charge on any atom is 0.321 e. The topological polar surface area (TPSA) is 61.4 Å². The van der Waals surface area contributed by atoms with Crippen LogP contribution >= 0.6 is 11.6 Å². The highest BCUT2D eigenvalue weighted by atomic mass is 35.5. The summed E-state index contributed by atoms with van der Waals surface area (Å²) in [5.41, 5.74) is 0.436. The fraction of sp³-hybridized carbons (Fsp3) is 0.529. The molecule has 5 nitrogen and oxygen atoms in total. The van der Waals surface area contributed by atoms with E-state index in [9.17, 15) is 9.59 Å². The van der Waals surface area contributed by atoms with Crippen LogP contribution in [-0.4, -0.2) is 35.5 Å². The number of rotatable bonds is 2. The summed E-state index contributed by atoms with van der Waals surface area (Å²) in [5, 5.41) is 6.46. The maximum absolute atomic E-state index is 12.4. The average molecular weight is 338 g/mol. The number of likely N-dealkylation sites (tertiary alicyclic amines) is 1. The van der Waals surface area contributed by atoms with Crippen LogP contribution in [0, 0.1) is 5.92 Å². The fourth-order valence-electron chi connectivity index (χ4n) is 2.58. The SMILES string of the molecule is CC(C)(C)NC(=O)C1CCCN(C(=O)Nc2ccc(Cl)cc2)C1. The predicted octanol–water partition coefficient (Wildman–Crippen LogP) is 3.50. The monoisotopic (exact) mass is 337 g/mol. The van der Waals surface area contributed by atoms with E-state index in [1.54, 1.807) is 29.2 Å². The zero-order valence-electron chi connectivity index (χ0n) is 13.9. The Labute approximate surface area is 142 Å². The molecule has 1 aliphatic heterocycles. The molecular weight excluding hydrogens is 314 g/mol. The number of carbonyl (C=O) groups excluding carboxylic acids is 2. The van der Waals surface area contributed by atoms with Crippen molar-refractivity contribution in [1.82, 2.24) is 10.2 Å². The van der Waals surface area contributed by atoms with Gasteiger partial charge in [0.25, 0.3) is 0 Å². The van der Waals surface area contributed by atoms with Crippen LogP contribution in [-0.2, 0) is 4.79 Å². The van der Waals surface area contributed by atoms with Gasteiger partial charge in [-0.25, -0.2) is 4.79 Å². The van der Waals surface area contributed by atoms with Crippen LogP contribution in [0.3, 0.4) is 0 Å². The van der Waals surface area contributed by atoms with Crippen LogP contribution in [0.5, 0.6) is 0 Å². The molecule has 1 saturated heterocycles. The third-order valence-electron chi connectivity index (χ3n) is 3.67. The molecule has 0 aliphatic carbocycles. The molecular formula is C17H24ClN3O2. The molecule has 23 heavy (non-hydrogen) atoms. The van der Waals surface area contributed by atoms with E-state index >= 15 is 0 Å². The Morgan fingerprint density at radius 1 is 1.22 bits per heavy atom. The van der Waals surface area contributed by atoms with E-state index in [-0.39, 0.29) is 23.4 Å². The summed E-state index contributed by atoms with van der Waals surface area (Å²) in [6, 6.07) is 6.79. The lowest BCUT2D eigenvalue weighted by Gasteiger charge is -2.33. The van der Waals surface area contributed by atoms with Gasteiger partial charge in [0, 0.05) is 29.3 Å². The lowest BCUT2D eigenvalue weighted by molar-refractivity contribution is -0.127. The fourth-order valence-corrected chi connectivity index (χ4v) is 2.71. The van der Waals surface area contributed by atoms with Crippen molar-refractivity contribution >= 4 is 29.2 Å². The van der Waals surface area contributed by atoms with Crippen LogP contribution < -0.4 is 10.6 Å². The molecule has 3 amide bonds. The van der Waals surface area contributed by atoms with E-state index in [2.05, 4.69) is 10.6 Å². The lowest BCUT2D eigenvalue weighted by atomic mass is 9.96. The van der Waals surface area contributed by atoms with Gasteiger partial charge in [0.05, 0.1) is 5.92 Å². The van der Waals surface area contributed by atoms with Crippen LogP contribution in [0.2, 0.25) is 5.02 Å². The number of hydrogen-bond donors (Lipinski definition) is 2. The van der Waals surface area contributed by atoms with E-state index in [1.807, 2.05) is 20.8 Å². The maximum atomic E-state index is 12.4. The molecule has 0 bridgehead atoms. The predicted molar refractivity (Wildman–Crippen MR) is 92.7 cm³/mol. The van der Waals surface area contributed by atoms with Crippen LogP contribution in [0.15, 0.2) is 24.3 Å². The molecule has 126 valence electrons. The molecule has 0 aromatic heterocycles. The summed E-state index contributed by atoms with van der Waals surface area (Å²) in [4.78, 5) is 26.3. The van der Waals surface area contributed by atoms with Crippen LogP contribution in [0.1, 0.15) is 33.6 Å². The van der Waals surface area contributed by atoms with E-state index in [0.29, 0.717) is 23.8 Å². The first-order valence-corrected chi connectivity index (χ1v) is 8.26. The minimum atomic E-state index is -0.259. The number of hydrogen-bond acceptors (Lipinski definition) is 2. The highest BCUT2D eigenvalue weighted by molar-refractivity contribution is 6.30. The zero-order chi connectivity index (χ0) is 17.0. The van der Waals surface area contributed by atoms with Crippen molar-refractivity contribution in [2.75, 3.05) is 18.4 Å². The van der Waals surface area contributed by atoms with Gasteiger partial charge in [-0.3, -0.25) is 4.79 Å². The number of nitrogens with zero attached hydrogens (tertiary/aromatic N) is 1. The van der Waals surface area contributed by atoms with E-state index in [0.717, 1.165) is 12.8 Å². The first-order chi connectivity index (χ1) is 10.7. The Bertz CT molecular complexity index is 566. The Balaban J connectivity index is 1.93. The number of amides is 3. The molecule has 2 N–H and O–H groups in total. The summed E-state index contributed by atoms with van der Waals surface area (Å²) < 4.78 is 0. The Morgan fingerprint density at radius 3 is 2.48 bits per heavy atom. The van der Waals surface area contributed by atoms with E-state index in [1.165, 1.54) is 0 Å². The molecule has 1 fully saturated rings. The molecule has 1 unspecified atom stereocenters. The van der Waals surface area contributed by atoms with Crippen molar-refractivity contribution in [3.05, 3.63) is 29.3 Å². The molecule has 1 aliphatic rings. The molecule has 0 spiro atoms. The summed E-state index contributed by atoms with van der Waals surface area (Å²) >= 11 is 5.84. The number of carbonyl (C=O) groups is 2. The van der Waals surface area contributed by atoms with Crippen molar-refractivity contribution in [2.45, 2.75) is 39.2 Å². The first-order valence-electron chi connectivity index (χ1n) is 7.88. The van der Waals surface area contributed by atoms with Gasteiger partial charge in [0.15, 0.2) is 0 Å². The molecule has 1 aromatic carbocycles. The van der Waals surface area contributed by atoms with Gasteiger partial charge in [-0.1, -0.05) is 11.6 Å². The average Bonchev–Trinajstić information content (AvgIpc) is 2.48. The largest absolute Gasteiger partial charge is 0.351 e. The smallest absolute Gasteiger partial charge is 0.321 e. The van der Waals surface area contributed by atoms with Gasteiger partial charge < -0.3 is 15.5 Å². The van der Waals surface area contributed by atoms with E-state index in [4.69, 9.17) is 11.6 Å². The quantitative estimate of drug-likeness (QED) is 0.867. The van der Waals surface area contributed by atoms with Gasteiger partial charge in [0.2, 0.25) is 5.91 Å². The molecule has 6 heteroatoms. The van der Waals surface area contributed by atoms with E-state index < -0.39 is 0 Å². The highest BCUT2D eigenvalue weighted by Crippen LogP contribution is 2.20. The first kappa shape index (κ1) is 17.6. The van der Waals surface area contributed by atoms with Gasteiger partial charge in [-0.2, -0.15) is 0 Å². The normalized spacial score (nSPS) is 18.4. The molecule has 2 rings (SSSR count). The Kier molecular flexibility index (Phi) is 5.52. The van der Waals surface area contributed by atoms with Gasteiger partial charge in [-0.15, -0.1) is 0 Å². The number of urea groups is 1. The van der Waals surface area contributed by atoms with Crippen molar-refractivity contribution in [1.29, 1.82) is 0 Å². The Hall–Kier alpha value is -1.75. The third-order valence-corrected chi connectivity index (χ3v) is 3.93. The number of halogens is 1. The second-order valence-corrected chi connectivity index (χ2v) is 7.40. The second-order valence-electron chi connectivity index (χ2n) is 6.96. The minimum absolute atomic E-state index is 0.0153. The lowest BCUT2D eigenvalue weighted by Crippen LogP contribution is -2.50. The number of piperidine rings is 1. The highest BCUT2D eigenvalue weighted by Gasteiger charge is 2.30. The minimum Gasteiger partial charge on any atom is -0.351 e. The van der Waals surface area contributed by atoms with Crippen molar-refractivity contribution < 1.29 is 9.59 Å². The van der Waals surface area contributed by atoms with Crippen molar-refractivity contribution in [2.24, 2.45) is 5.92 Å². The second kappa shape index (κ2) is 7.21. The van der Waals surface area contributed by atoms with Gasteiger partial charge in [-0.05, 0) is 57.9 Å². The molecule has 1 aromatic rings. The standard InChI is InChI=1S/C17H24ClN3O2/c1-17(2,3)20-15(22)12-5-4-10-21(11-12)16(23)19-14-8-6-13(18)7-9-14/h6-9,12H,4-5,10-11H2,1-3H3,(H,19,23)(H,20,22).